The normalized spacial score (nSPS) is 22.3. The molecule has 1 fully saturated rings. The highest BCUT2D eigenvalue weighted by Crippen LogP contribution is 2.26. The van der Waals surface area contributed by atoms with Crippen molar-refractivity contribution in [1.82, 2.24) is 0 Å². The Kier molecular flexibility index (Phi) is 1.80. The van der Waals surface area contributed by atoms with Gasteiger partial charge in [0.25, 0.3) is 0 Å². The van der Waals surface area contributed by atoms with Crippen LogP contribution < -0.4 is 0 Å². The summed E-state index contributed by atoms with van der Waals surface area (Å²) in [5.74, 6) is -0.302. The molecule has 62 valence electrons. The summed E-state index contributed by atoms with van der Waals surface area (Å²) >= 11 is 0. The largest absolute Gasteiger partial charge is 0.345 e. The molecule has 0 aromatic heterocycles. The van der Waals surface area contributed by atoms with E-state index in [1.165, 1.54) is 0 Å². The van der Waals surface area contributed by atoms with Crippen molar-refractivity contribution in [2.75, 3.05) is 0 Å². The highest BCUT2D eigenvalue weighted by Gasteiger charge is 2.26. The number of rotatable bonds is 1. The van der Waals surface area contributed by atoms with Gasteiger partial charge in [0.1, 0.15) is 6.10 Å². The van der Waals surface area contributed by atoms with Gasteiger partial charge in [-0.25, -0.2) is 4.79 Å². The first kappa shape index (κ1) is 7.31. The van der Waals surface area contributed by atoms with Crippen LogP contribution in [-0.2, 0) is 14.6 Å². The third-order valence-electron chi connectivity index (χ3n) is 1.78. The zero-order chi connectivity index (χ0) is 8.39. The number of carbonyl (C=O) groups is 1. The number of carbonyl (C=O) groups excluding carboxylic acids is 1. The zero-order valence-corrected chi connectivity index (χ0v) is 6.40. The number of hydrogen-bond acceptors (Lipinski definition) is 3. The van der Waals surface area contributed by atoms with Gasteiger partial charge in [-0.3, -0.25) is 4.89 Å². The molecule has 12 heavy (non-hydrogen) atoms. The molecule has 0 amide bonds. The highest BCUT2D eigenvalue weighted by atomic mass is 17.2. The third-order valence-corrected chi connectivity index (χ3v) is 1.78. The SMILES string of the molecule is O=C1CC(c2ccccc2)OO1. The van der Waals surface area contributed by atoms with Gasteiger partial charge in [0.05, 0.1) is 6.42 Å². The Hall–Kier alpha value is -1.35. The summed E-state index contributed by atoms with van der Waals surface area (Å²) in [4.78, 5) is 19.9. The van der Waals surface area contributed by atoms with Crippen LogP contribution in [-0.4, -0.2) is 5.97 Å². The molecule has 1 aliphatic rings. The molecular formula is C9H8O3. The maximum absolute atomic E-state index is 10.7. The summed E-state index contributed by atoms with van der Waals surface area (Å²) in [5, 5.41) is 0. The molecule has 1 saturated heterocycles. The Morgan fingerprint density at radius 2 is 2.00 bits per heavy atom. The molecule has 1 aliphatic heterocycles. The van der Waals surface area contributed by atoms with Crippen molar-refractivity contribution in [1.29, 1.82) is 0 Å². The van der Waals surface area contributed by atoms with Crippen molar-refractivity contribution >= 4 is 5.97 Å². The molecule has 0 N–H and O–H groups in total. The molecule has 1 aromatic rings. The van der Waals surface area contributed by atoms with Crippen LogP contribution in [0.3, 0.4) is 0 Å². The summed E-state index contributed by atoms with van der Waals surface area (Å²) in [5.41, 5.74) is 0.975. The first-order valence-electron chi connectivity index (χ1n) is 3.77. The summed E-state index contributed by atoms with van der Waals surface area (Å²) in [7, 11) is 0. The molecule has 3 nitrogen and oxygen atoms in total. The minimum absolute atomic E-state index is 0.223. The molecule has 1 heterocycles. The molecule has 0 aliphatic carbocycles. The topological polar surface area (TPSA) is 35.5 Å². The van der Waals surface area contributed by atoms with Gasteiger partial charge in [-0.1, -0.05) is 30.3 Å². The van der Waals surface area contributed by atoms with E-state index in [1.54, 1.807) is 0 Å². The Morgan fingerprint density at radius 3 is 2.58 bits per heavy atom. The summed E-state index contributed by atoms with van der Waals surface area (Å²) in [6.45, 7) is 0. The number of hydrogen-bond donors (Lipinski definition) is 0. The Labute approximate surface area is 69.8 Å². The van der Waals surface area contributed by atoms with Crippen LogP contribution in [0.25, 0.3) is 0 Å². The van der Waals surface area contributed by atoms with E-state index >= 15 is 0 Å². The molecule has 0 bridgehead atoms. The van der Waals surface area contributed by atoms with Crippen LogP contribution >= 0.6 is 0 Å². The van der Waals surface area contributed by atoms with Gasteiger partial charge >= 0.3 is 5.97 Å². The van der Waals surface area contributed by atoms with E-state index in [-0.39, 0.29) is 12.1 Å². The van der Waals surface area contributed by atoms with Crippen LogP contribution in [0, 0.1) is 0 Å². The summed E-state index contributed by atoms with van der Waals surface area (Å²) < 4.78 is 0. The van der Waals surface area contributed by atoms with Crippen LogP contribution in [0.2, 0.25) is 0 Å². The monoisotopic (exact) mass is 164 g/mol. The number of benzene rings is 1. The molecule has 2 rings (SSSR count). The van der Waals surface area contributed by atoms with Gasteiger partial charge in [-0.05, 0) is 5.56 Å². The molecule has 0 radical (unpaired) electrons. The van der Waals surface area contributed by atoms with E-state index < -0.39 is 0 Å². The Bertz CT molecular complexity index is 281. The zero-order valence-electron chi connectivity index (χ0n) is 6.40. The first-order valence-corrected chi connectivity index (χ1v) is 3.77. The van der Waals surface area contributed by atoms with Gasteiger partial charge < -0.3 is 0 Å². The molecule has 1 aromatic carbocycles. The van der Waals surface area contributed by atoms with Crippen molar-refractivity contribution in [3.63, 3.8) is 0 Å². The maximum Gasteiger partial charge on any atom is 0.345 e. The molecule has 1 atom stereocenters. The fourth-order valence-corrected chi connectivity index (χ4v) is 1.17. The molecule has 0 saturated carbocycles. The fourth-order valence-electron chi connectivity index (χ4n) is 1.17. The van der Waals surface area contributed by atoms with Crippen LogP contribution in [0.15, 0.2) is 30.3 Å². The van der Waals surface area contributed by atoms with E-state index in [4.69, 9.17) is 4.89 Å². The van der Waals surface area contributed by atoms with E-state index in [0.29, 0.717) is 6.42 Å². The lowest BCUT2D eigenvalue weighted by atomic mass is 10.1. The smallest absolute Gasteiger partial charge is 0.298 e. The van der Waals surface area contributed by atoms with Crippen molar-refractivity contribution in [2.45, 2.75) is 12.5 Å². The van der Waals surface area contributed by atoms with E-state index in [2.05, 4.69) is 4.89 Å². The summed E-state index contributed by atoms with van der Waals surface area (Å²) in [6.07, 6.45) is 0.0861. The van der Waals surface area contributed by atoms with E-state index in [9.17, 15) is 4.79 Å². The quantitative estimate of drug-likeness (QED) is 0.591. The van der Waals surface area contributed by atoms with Gasteiger partial charge in [-0.15, -0.1) is 0 Å². The maximum atomic E-state index is 10.7. The predicted molar refractivity (Wildman–Crippen MR) is 41.0 cm³/mol. The van der Waals surface area contributed by atoms with Crippen LogP contribution in [0.4, 0.5) is 0 Å². The van der Waals surface area contributed by atoms with Gasteiger partial charge in [-0.2, -0.15) is 4.89 Å². The fraction of sp³-hybridized carbons (Fsp3) is 0.222. The lowest BCUT2D eigenvalue weighted by molar-refractivity contribution is -0.263. The standard InChI is InChI=1S/C9H8O3/c10-9-6-8(11-12-9)7-4-2-1-3-5-7/h1-5,8H,6H2. The Morgan fingerprint density at radius 1 is 1.25 bits per heavy atom. The lowest BCUT2D eigenvalue weighted by Gasteiger charge is -2.03. The molecular weight excluding hydrogens is 156 g/mol. The second-order valence-electron chi connectivity index (χ2n) is 2.66. The molecule has 3 heteroatoms. The minimum Gasteiger partial charge on any atom is -0.298 e. The minimum atomic E-state index is -0.302. The molecule has 0 spiro atoms. The van der Waals surface area contributed by atoms with Crippen molar-refractivity contribution in [2.24, 2.45) is 0 Å². The average molecular weight is 164 g/mol. The average Bonchev–Trinajstić information content (AvgIpc) is 2.54. The van der Waals surface area contributed by atoms with E-state index in [0.717, 1.165) is 5.56 Å². The van der Waals surface area contributed by atoms with Crippen molar-refractivity contribution < 1.29 is 14.6 Å². The van der Waals surface area contributed by atoms with Crippen LogP contribution in [0.1, 0.15) is 18.1 Å². The van der Waals surface area contributed by atoms with Gasteiger partial charge in [0.15, 0.2) is 0 Å². The third kappa shape index (κ3) is 1.31. The Balaban J connectivity index is 2.16. The van der Waals surface area contributed by atoms with Crippen molar-refractivity contribution in [3.05, 3.63) is 35.9 Å². The van der Waals surface area contributed by atoms with Crippen LogP contribution in [0.5, 0.6) is 0 Å². The van der Waals surface area contributed by atoms with E-state index in [1.807, 2.05) is 30.3 Å². The molecule has 1 unspecified atom stereocenters. The van der Waals surface area contributed by atoms with Gasteiger partial charge in [0, 0.05) is 0 Å². The predicted octanol–water partition coefficient (Wildman–Crippen LogP) is 1.61. The second-order valence-corrected chi connectivity index (χ2v) is 2.66. The second kappa shape index (κ2) is 2.95. The first-order chi connectivity index (χ1) is 5.86. The summed E-state index contributed by atoms with van der Waals surface area (Å²) in [6, 6.07) is 9.55. The highest BCUT2D eigenvalue weighted by molar-refractivity contribution is 5.70. The lowest BCUT2D eigenvalue weighted by Crippen LogP contribution is -1.94. The van der Waals surface area contributed by atoms with Crippen molar-refractivity contribution in [3.8, 4) is 0 Å². The van der Waals surface area contributed by atoms with Gasteiger partial charge in [0.2, 0.25) is 0 Å².